The number of aliphatic hydroxyl groups is 2. The fourth-order valence-electron chi connectivity index (χ4n) is 4.98. The minimum absolute atomic E-state index is 0.0183. The first-order valence-electron chi connectivity index (χ1n) is 9.35. The Bertz CT molecular complexity index is 670. The van der Waals surface area contributed by atoms with E-state index in [4.69, 9.17) is 14.2 Å². The lowest BCUT2D eigenvalue weighted by atomic mass is 9.79. The van der Waals surface area contributed by atoms with Crippen LogP contribution in [0, 0.1) is 11.8 Å². The van der Waals surface area contributed by atoms with Crippen LogP contribution < -0.4 is 19.5 Å². The van der Waals surface area contributed by atoms with E-state index in [1.807, 2.05) is 12.1 Å². The zero-order valence-corrected chi connectivity index (χ0v) is 15.4. The molecule has 0 bridgehead atoms. The Morgan fingerprint density at radius 3 is 2.85 bits per heavy atom. The van der Waals surface area contributed by atoms with Gasteiger partial charge in [0.2, 0.25) is 12.5 Å². The molecule has 1 aromatic rings. The SMILES string of the molecule is CCN1C[C@H]2[C@@H](c3cc(OC)c4c(c3)OCO4)N[C@](CO)(CCO)[C@H]2C1. The second-order valence-corrected chi connectivity index (χ2v) is 7.49. The normalized spacial score (nSPS) is 32.8. The minimum Gasteiger partial charge on any atom is -0.493 e. The maximum absolute atomic E-state index is 10.2. The van der Waals surface area contributed by atoms with Crippen molar-refractivity contribution in [2.75, 3.05) is 46.8 Å². The standard InChI is InChI=1S/C19H28N2O5/c1-3-21-8-13-14(9-21)19(10-23,4-5-22)20-17(13)12-6-15(24-2)18-16(7-12)25-11-26-18/h6-7,13-14,17,20,22-23H,3-5,8-11H2,1-2H3/t13-,14+,17-,19+/m1/s1. The molecule has 7 nitrogen and oxygen atoms in total. The topological polar surface area (TPSA) is 83.4 Å². The molecule has 0 spiro atoms. The number of nitrogens with zero attached hydrogens (tertiary/aromatic N) is 1. The molecule has 4 rings (SSSR count). The van der Waals surface area contributed by atoms with Gasteiger partial charge >= 0.3 is 0 Å². The van der Waals surface area contributed by atoms with Crippen LogP contribution in [0.25, 0.3) is 0 Å². The van der Waals surface area contributed by atoms with Crippen LogP contribution >= 0.6 is 0 Å². The number of benzene rings is 1. The van der Waals surface area contributed by atoms with Gasteiger partial charge in [-0.25, -0.2) is 0 Å². The summed E-state index contributed by atoms with van der Waals surface area (Å²) in [5.41, 5.74) is 0.616. The maximum Gasteiger partial charge on any atom is 0.231 e. The third kappa shape index (κ3) is 2.65. The summed E-state index contributed by atoms with van der Waals surface area (Å²) in [6, 6.07) is 4.09. The summed E-state index contributed by atoms with van der Waals surface area (Å²) < 4.78 is 16.6. The average molecular weight is 364 g/mol. The average Bonchev–Trinajstić information content (AvgIpc) is 3.36. The highest BCUT2D eigenvalue weighted by atomic mass is 16.7. The van der Waals surface area contributed by atoms with E-state index < -0.39 is 5.54 Å². The first kappa shape index (κ1) is 17.9. The molecule has 3 N–H and O–H groups in total. The first-order chi connectivity index (χ1) is 12.7. The summed E-state index contributed by atoms with van der Waals surface area (Å²) in [5.74, 6) is 2.67. The van der Waals surface area contributed by atoms with E-state index in [9.17, 15) is 10.2 Å². The molecule has 144 valence electrons. The van der Waals surface area contributed by atoms with Gasteiger partial charge in [-0.2, -0.15) is 0 Å². The van der Waals surface area contributed by atoms with E-state index in [2.05, 4.69) is 17.1 Å². The van der Waals surface area contributed by atoms with Crippen LogP contribution in [-0.4, -0.2) is 67.4 Å². The molecule has 4 atom stereocenters. The van der Waals surface area contributed by atoms with Crippen molar-refractivity contribution < 1.29 is 24.4 Å². The first-order valence-corrected chi connectivity index (χ1v) is 9.35. The quantitative estimate of drug-likeness (QED) is 0.687. The zero-order chi connectivity index (χ0) is 18.3. The van der Waals surface area contributed by atoms with Crippen LogP contribution in [0.5, 0.6) is 17.2 Å². The Balaban J connectivity index is 1.72. The lowest BCUT2D eigenvalue weighted by molar-refractivity contribution is 0.0980. The zero-order valence-electron chi connectivity index (χ0n) is 15.4. The number of nitrogens with one attached hydrogen (secondary N) is 1. The van der Waals surface area contributed by atoms with Gasteiger partial charge < -0.3 is 34.6 Å². The smallest absolute Gasteiger partial charge is 0.231 e. The van der Waals surface area contributed by atoms with Gasteiger partial charge in [0.15, 0.2) is 11.5 Å². The van der Waals surface area contributed by atoms with Crippen molar-refractivity contribution in [1.29, 1.82) is 0 Å². The molecule has 0 radical (unpaired) electrons. The molecular formula is C19H28N2O5. The van der Waals surface area contributed by atoms with E-state index in [-0.39, 0.29) is 26.0 Å². The van der Waals surface area contributed by atoms with Crippen LogP contribution in [0.15, 0.2) is 12.1 Å². The van der Waals surface area contributed by atoms with E-state index >= 15 is 0 Å². The van der Waals surface area contributed by atoms with Crippen LogP contribution in [0.4, 0.5) is 0 Å². The summed E-state index contributed by atoms with van der Waals surface area (Å²) in [6.07, 6.45) is 0.542. The number of hydrogen-bond acceptors (Lipinski definition) is 7. The van der Waals surface area contributed by atoms with Crippen LogP contribution in [0.1, 0.15) is 24.9 Å². The van der Waals surface area contributed by atoms with Crippen molar-refractivity contribution in [3.8, 4) is 17.2 Å². The predicted molar refractivity (Wildman–Crippen MR) is 95.6 cm³/mol. The van der Waals surface area contributed by atoms with E-state index in [1.54, 1.807) is 7.11 Å². The Hall–Kier alpha value is -1.54. The number of rotatable bonds is 6. The third-order valence-electron chi connectivity index (χ3n) is 6.35. The molecule has 0 aromatic heterocycles. The van der Waals surface area contributed by atoms with E-state index in [0.29, 0.717) is 35.5 Å². The van der Waals surface area contributed by atoms with Gasteiger partial charge in [0.1, 0.15) is 0 Å². The summed E-state index contributed by atoms with van der Waals surface area (Å²) in [7, 11) is 1.63. The molecule has 1 aromatic carbocycles. The van der Waals surface area contributed by atoms with Crippen molar-refractivity contribution in [2.24, 2.45) is 11.8 Å². The molecule has 2 fully saturated rings. The van der Waals surface area contributed by atoms with E-state index in [0.717, 1.165) is 25.2 Å². The Kier molecular flexibility index (Phi) is 4.73. The Labute approximate surface area is 153 Å². The molecule has 3 heterocycles. The van der Waals surface area contributed by atoms with Crippen molar-refractivity contribution in [3.63, 3.8) is 0 Å². The fourth-order valence-corrected chi connectivity index (χ4v) is 4.98. The molecule has 3 aliphatic rings. The van der Waals surface area contributed by atoms with E-state index in [1.165, 1.54) is 0 Å². The summed E-state index contributed by atoms with van der Waals surface area (Å²) in [5, 5.41) is 23.5. The van der Waals surface area contributed by atoms with Gasteiger partial charge in [-0.1, -0.05) is 6.92 Å². The number of ether oxygens (including phenoxy) is 3. The van der Waals surface area contributed by atoms with Crippen molar-refractivity contribution in [3.05, 3.63) is 17.7 Å². The molecule has 0 saturated carbocycles. The number of methoxy groups -OCH3 is 1. The van der Waals surface area contributed by atoms with Gasteiger partial charge in [0.05, 0.1) is 13.7 Å². The van der Waals surface area contributed by atoms with Gasteiger partial charge in [-0.05, 0) is 42.5 Å². The lowest BCUT2D eigenvalue weighted by Crippen LogP contribution is -2.51. The van der Waals surface area contributed by atoms with Crippen LogP contribution in [-0.2, 0) is 0 Å². The largest absolute Gasteiger partial charge is 0.493 e. The molecule has 0 unspecified atom stereocenters. The number of hydrogen-bond donors (Lipinski definition) is 3. The second-order valence-electron chi connectivity index (χ2n) is 7.49. The van der Waals surface area contributed by atoms with Gasteiger partial charge in [-0.15, -0.1) is 0 Å². The number of aliphatic hydroxyl groups excluding tert-OH is 2. The maximum atomic E-state index is 10.2. The monoisotopic (exact) mass is 364 g/mol. The van der Waals surface area contributed by atoms with Gasteiger partial charge in [0.25, 0.3) is 0 Å². The number of likely N-dealkylation sites (tertiary alicyclic amines) is 1. The molecule has 2 saturated heterocycles. The third-order valence-corrected chi connectivity index (χ3v) is 6.35. The Morgan fingerprint density at radius 2 is 2.15 bits per heavy atom. The predicted octanol–water partition coefficient (Wildman–Crippen LogP) is 0.750. The van der Waals surface area contributed by atoms with Crippen molar-refractivity contribution >= 4 is 0 Å². The lowest BCUT2D eigenvalue weighted by Gasteiger charge is -2.34. The highest BCUT2D eigenvalue weighted by molar-refractivity contribution is 5.56. The van der Waals surface area contributed by atoms with Gasteiger partial charge in [-0.3, -0.25) is 0 Å². The highest BCUT2D eigenvalue weighted by Gasteiger charge is 2.56. The molecule has 26 heavy (non-hydrogen) atoms. The molecule has 7 heteroatoms. The van der Waals surface area contributed by atoms with Gasteiger partial charge in [0, 0.05) is 31.3 Å². The summed E-state index contributed by atoms with van der Waals surface area (Å²) in [6.45, 7) is 5.35. The molecule has 3 aliphatic heterocycles. The van der Waals surface area contributed by atoms with Crippen LogP contribution in [0.2, 0.25) is 0 Å². The van der Waals surface area contributed by atoms with Crippen molar-refractivity contribution in [1.82, 2.24) is 10.2 Å². The minimum atomic E-state index is -0.461. The second kappa shape index (κ2) is 6.88. The summed E-state index contributed by atoms with van der Waals surface area (Å²) >= 11 is 0. The molecule has 0 aliphatic carbocycles. The highest BCUT2D eigenvalue weighted by Crippen LogP contribution is 2.51. The Morgan fingerprint density at radius 1 is 1.31 bits per heavy atom. The summed E-state index contributed by atoms with van der Waals surface area (Å²) in [4.78, 5) is 2.43. The molecular weight excluding hydrogens is 336 g/mol. The number of fused-ring (bicyclic) bond motifs is 2. The molecule has 0 amide bonds. The van der Waals surface area contributed by atoms with Crippen molar-refractivity contribution in [2.45, 2.75) is 24.9 Å². The van der Waals surface area contributed by atoms with Crippen LogP contribution in [0.3, 0.4) is 0 Å². The fraction of sp³-hybridized carbons (Fsp3) is 0.684.